The molecule has 2 aromatic rings. The molecular formula is C20H30N2O3S. The number of thiazole rings is 1. The van der Waals surface area contributed by atoms with Gasteiger partial charge in [-0.15, -0.1) is 11.3 Å². The number of aliphatic hydroxyl groups is 2. The summed E-state index contributed by atoms with van der Waals surface area (Å²) in [5.41, 5.74) is 4.29. The third-order valence-electron chi connectivity index (χ3n) is 3.98. The highest BCUT2D eigenvalue weighted by atomic mass is 32.1. The van der Waals surface area contributed by atoms with Crippen molar-refractivity contribution >= 4 is 23.5 Å². The minimum atomic E-state index is -0.144. The van der Waals surface area contributed by atoms with Gasteiger partial charge in [-0.3, -0.25) is 0 Å². The third kappa shape index (κ3) is 7.64. The van der Waals surface area contributed by atoms with Crippen LogP contribution < -0.4 is 0 Å². The molecule has 0 aliphatic carbocycles. The van der Waals surface area contributed by atoms with E-state index in [2.05, 4.69) is 57.6 Å². The summed E-state index contributed by atoms with van der Waals surface area (Å²) in [4.78, 5) is 8.30. The average Bonchev–Trinajstić information content (AvgIpc) is 3.24. The van der Waals surface area contributed by atoms with Crippen LogP contribution in [0.1, 0.15) is 63.8 Å². The molecule has 0 atom stereocenters. The number of rotatable bonds is 6. The molecule has 0 fully saturated rings. The van der Waals surface area contributed by atoms with E-state index in [4.69, 9.17) is 14.6 Å². The van der Waals surface area contributed by atoms with Crippen molar-refractivity contribution in [2.24, 2.45) is 11.8 Å². The lowest BCUT2D eigenvalue weighted by atomic mass is 10.0. The fourth-order valence-corrected chi connectivity index (χ4v) is 2.34. The van der Waals surface area contributed by atoms with Gasteiger partial charge in [0.15, 0.2) is 0 Å². The van der Waals surface area contributed by atoms with E-state index in [1.807, 2.05) is 11.5 Å². The normalized spacial score (nSPS) is 12.5. The zero-order chi connectivity index (χ0) is 19.7. The van der Waals surface area contributed by atoms with Gasteiger partial charge in [-0.05, 0) is 37.8 Å². The quantitative estimate of drug-likeness (QED) is 0.746. The van der Waals surface area contributed by atoms with Crippen molar-refractivity contribution in [2.75, 3.05) is 0 Å². The van der Waals surface area contributed by atoms with Crippen molar-refractivity contribution in [3.05, 3.63) is 45.1 Å². The van der Waals surface area contributed by atoms with Crippen molar-refractivity contribution < 1.29 is 14.6 Å². The number of allylic oxidation sites excluding steroid dienone is 2. The lowest BCUT2D eigenvalue weighted by Crippen LogP contribution is -1.88. The van der Waals surface area contributed by atoms with E-state index in [0.29, 0.717) is 17.7 Å². The Bertz CT molecular complexity index is 665. The van der Waals surface area contributed by atoms with Gasteiger partial charge in [0.2, 0.25) is 5.89 Å². The van der Waals surface area contributed by atoms with Crippen LogP contribution in [0.5, 0.6) is 0 Å². The van der Waals surface area contributed by atoms with Gasteiger partial charge in [0.1, 0.15) is 23.6 Å². The Morgan fingerprint density at radius 2 is 1.58 bits per heavy atom. The van der Waals surface area contributed by atoms with Gasteiger partial charge in [0, 0.05) is 5.38 Å². The first-order valence-electron chi connectivity index (χ1n) is 8.73. The first-order valence-corrected chi connectivity index (χ1v) is 9.61. The van der Waals surface area contributed by atoms with E-state index in [1.165, 1.54) is 22.5 Å². The van der Waals surface area contributed by atoms with E-state index >= 15 is 0 Å². The summed E-state index contributed by atoms with van der Waals surface area (Å²) >= 11 is 1.50. The summed E-state index contributed by atoms with van der Waals surface area (Å²) in [7, 11) is 0. The molecule has 0 saturated heterocycles. The molecule has 144 valence electrons. The predicted octanol–water partition coefficient (Wildman–Crippen LogP) is 4.92. The van der Waals surface area contributed by atoms with Crippen LogP contribution in [0.3, 0.4) is 0 Å². The summed E-state index contributed by atoms with van der Waals surface area (Å²) in [5.74, 6) is 1.43. The maximum Gasteiger partial charge on any atom is 0.220 e. The van der Waals surface area contributed by atoms with E-state index in [9.17, 15) is 0 Å². The van der Waals surface area contributed by atoms with Gasteiger partial charge in [-0.25, -0.2) is 9.97 Å². The number of aromatic nitrogens is 2. The molecule has 0 bridgehead atoms. The van der Waals surface area contributed by atoms with Crippen LogP contribution in [-0.4, -0.2) is 20.2 Å². The Morgan fingerprint density at radius 3 is 2.00 bits per heavy atom. The van der Waals surface area contributed by atoms with E-state index in [0.717, 1.165) is 16.4 Å². The summed E-state index contributed by atoms with van der Waals surface area (Å²) in [6.45, 7) is 12.6. The molecule has 26 heavy (non-hydrogen) atoms. The number of aliphatic hydroxyl groups excluding tert-OH is 2. The van der Waals surface area contributed by atoms with E-state index in [1.54, 1.807) is 6.26 Å². The summed E-state index contributed by atoms with van der Waals surface area (Å²) in [6, 6.07) is 0. The molecule has 5 nitrogen and oxygen atoms in total. The highest BCUT2D eigenvalue weighted by Crippen LogP contribution is 2.16. The zero-order valence-electron chi connectivity index (χ0n) is 16.5. The van der Waals surface area contributed by atoms with Crippen LogP contribution in [0.4, 0.5) is 0 Å². The molecular weight excluding hydrogens is 348 g/mol. The maximum atomic E-state index is 8.82. The molecule has 2 aromatic heterocycles. The van der Waals surface area contributed by atoms with Gasteiger partial charge >= 0.3 is 0 Å². The van der Waals surface area contributed by atoms with Crippen molar-refractivity contribution in [2.45, 2.75) is 54.8 Å². The molecule has 0 aliphatic heterocycles. The monoisotopic (exact) mass is 378 g/mol. The van der Waals surface area contributed by atoms with Gasteiger partial charge in [-0.2, -0.15) is 0 Å². The number of hydrogen-bond donors (Lipinski definition) is 2. The van der Waals surface area contributed by atoms with Gasteiger partial charge in [0.05, 0.1) is 12.3 Å². The Morgan fingerprint density at radius 1 is 1.00 bits per heavy atom. The first-order chi connectivity index (χ1) is 12.3. The number of oxazole rings is 1. The lowest BCUT2D eigenvalue weighted by molar-refractivity contribution is 0.240. The van der Waals surface area contributed by atoms with Crippen LogP contribution in [0, 0.1) is 11.8 Å². The smallest absolute Gasteiger partial charge is 0.220 e. The lowest BCUT2D eigenvalue weighted by Gasteiger charge is -2.02. The Kier molecular flexibility index (Phi) is 9.48. The Labute approximate surface area is 160 Å². The Balaban J connectivity index is 0.000000260. The maximum absolute atomic E-state index is 8.82. The van der Waals surface area contributed by atoms with Gasteiger partial charge in [-0.1, -0.05) is 38.8 Å². The fourth-order valence-electron chi connectivity index (χ4n) is 1.73. The number of hydrogen-bond acceptors (Lipinski definition) is 6. The highest BCUT2D eigenvalue weighted by Gasteiger charge is 2.02. The van der Waals surface area contributed by atoms with Crippen molar-refractivity contribution in [1.82, 2.24) is 9.97 Å². The van der Waals surface area contributed by atoms with E-state index in [-0.39, 0.29) is 13.2 Å². The largest absolute Gasteiger partial charge is 0.446 e. The first kappa shape index (κ1) is 22.3. The minimum absolute atomic E-state index is 0.0409. The molecule has 0 spiro atoms. The second-order valence-electron chi connectivity index (χ2n) is 6.73. The molecule has 6 heteroatoms. The summed E-state index contributed by atoms with van der Waals surface area (Å²) in [6.07, 6.45) is 5.59. The molecule has 0 radical (unpaired) electrons. The second-order valence-corrected chi connectivity index (χ2v) is 7.68. The molecule has 2 heterocycles. The summed E-state index contributed by atoms with van der Waals surface area (Å²) in [5, 5.41) is 20.3. The minimum Gasteiger partial charge on any atom is -0.446 e. The zero-order valence-corrected chi connectivity index (χ0v) is 17.3. The van der Waals surface area contributed by atoms with E-state index < -0.39 is 0 Å². The third-order valence-corrected chi connectivity index (χ3v) is 4.83. The standard InChI is InChI=1S/C10H15NO2.C10H15NOS/c2*1-7(2)8(3)4-9-6-13-10(5-12)11-9/h2*4,6-7,12H,5H2,1-3H3/b2*8-4+. The number of nitrogens with zero attached hydrogens (tertiary/aromatic N) is 2. The SMILES string of the molecule is C/C(=C\c1coc(CO)n1)C(C)C.C/C(=C\c1csc(CO)n1)C(C)C. The van der Waals surface area contributed by atoms with Crippen molar-refractivity contribution in [3.8, 4) is 0 Å². The molecule has 0 amide bonds. The van der Waals surface area contributed by atoms with Crippen molar-refractivity contribution in [1.29, 1.82) is 0 Å². The molecule has 0 unspecified atom stereocenters. The molecule has 0 aliphatic rings. The topological polar surface area (TPSA) is 79.4 Å². The second kappa shape index (κ2) is 11.1. The van der Waals surface area contributed by atoms with Crippen LogP contribution in [0.2, 0.25) is 0 Å². The molecule has 0 aromatic carbocycles. The highest BCUT2D eigenvalue weighted by molar-refractivity contribution is 7.09. The van der Waals surface area contributed by atoms with Crippen LogP contribution >= 0.6 is 11.3 Å². The van der Waals surface area contributed by atoms with Crippen LogP contribution in [0.25, 0.3) is 12.2 Å². The van der Waals surface area contributed by atoms with Crippen molar-refractivity contribution in [3.63, 3.8) is 0 Å². The van der Waals surface area contributed by atoms with Crippen LogP contribution in [0.15, 0.2) is 27.2 Å². The fraction of sp³-hybridized carbons (Fsp3) is 0.500. The van der Waals surface area contributed by atoms with Gasteiger partial charge in [0.25, 0.3) is 0 Å². The molecule has 2 rings (SSSR count). The van der Waals surface area contributed by atoms with Crippen LogP contribution in [-0.2, 0) is 13.2 Å². The molecule has 2 N–H and O–H groups in total. The summed E-state index contributed by atoms with van der Waals surface area (Å²) < 4.78 is 4.99. The average molecular weight is 379 g/mol. The van der Waals surface area contributed by atoms with Gasteiger partial charge < -0.3 is 14.6 Å². The Hall–Kier alpha value is -1.76. The molecule has 0 saturated carbocycles. The predicted molar refractivity (Wildman–Crippen MR) is 107 cm³/mol.